The Balaban J connectivity index is 2.24. The summed E-state index contributed by atoms with van der Waals surface area (Å²) in [6.45, 7) is 2.28. The Kier molecular flexibility index (Phi) is 4.36. The van der Waals surface area contributed by atoms with Crippen LogP contribution in [0.2, 0.25) is 5.02 Å². The molecule has 0 bridgehead atoms. The number of nitrogens with two attached hydrogens (primary N) is 1. The third kappa shape index (κ3) is 3.31. The van der Waals surface area contributed by atoms with Crippen LogP contribution in [-0.2, 0) is 10.0 Å². The third-order valence-electron chi connectivity index (χ3n) is 3.67. The van der Waals surface area contributed by atoms with Crippen molar-refractivity contribution in [3.05, 3.63) is 28.3 Å². The van der Waals surface area contributed by atoms with Gasteiger partial charge in [-0.1, -0.05) is 18.0 Å². The first-order chi connectivity index (χ1) is 9.29. The lowest BCUT2D eigenvalue weighted by Crippen LogP contribution is -2.32. The average Bonchev–Trinajstić information content (AvgIpc) is 2.28. The number of hydrogen-bond donors (Lipinski definition) is 2. The van der Waals surface area contributed by atoms with Gasteiger partial charge in [-0.2, -0.15) is 0 Å². The summed E-state index contributed by atoms with van der Waals surface area (Å²) < 4.78 is 22.8. The van der Waals surface area contributed by atoms with Gasteiger partial charge in [-0.15, -0.1) is 0 Å². The van der Waals surface area contributed by atoms with Crippen molar-refractivity contribution in [2.24, 2.45) is 11.1 Å². The fourth-order valence-corrected chi connectivity index (χ4v) is 2.93. The Morgan fingerprint density at radius 1 is 1.45 bits per heavy atom. The number of benzene rings is 1. The van der Waals surface area contributed by atoms with Crippen molar-refractivity contribution in [2.75, 3.05) is 6.54 Å². The molecule has 110 valence electrons. The van der Waals surface area contributed by atoms with Crippen LogP contribution in [0.15, 0.2) is 17.0 Å². The van der Waals surface area contributed by atoms with E-state index in [1.807, 2.05) is 0 Å². The van der Waals surface area contributed by atoms with E-state index in [-0.39, 0.29) is 21.4 Å². The topological polar surface area (TPSA) is 89.3 Å². The second-order valence-electron chi connectivity index (χ2n) is 5.13. The van der Waals surface area contributed by atoms with Crippen LogP contribution >= 0.6 is 11.6 Å². The van der Waals surface area contributed by atoms with Gasteiger partial charge in [0.15, 0.2) is 0 Å². The molecule has 0 aliphatic heterocycles. The summed E-state index contributed by atoms with van der Waals surface area (Å²) in [6.07, 6.45) is 3.45. The maximum atomic E-state index is 12.1. The van der Waals surface area contributed by atoms with Crippen LogP contribution in [-0.4, -0.2) is 20.9 Å². The smallest absolute Gasteiger partial charge is 0.251 e. The van der Waals surface area contributed by atoms with Crippen LogP contribution < -0.4 is 10.5 Å². The van der Waals surface area contributed by atoms with Crippen molar-refractivity contribution in [3.8, 4) is 0 Å². The molecule has 1 aliphatic carbocycles. The number of carbonyl (C=O) groups is 1. The first kappa shape index (κ1) is 15.3. The summed E-state index contributed by atoms with van der Waals surface area (Å²) in [5.41, 5.74) is 0.797. The van der Waals surface area contributed by atoms with Gasteiger partial charge in [0.05, 0.1) is 4.90 Å². The Bertz CT molecular complexity index is 639. The molecule has 0 saturated heterocycles. The molecule has 1 fully saturated rings. The minimum Gasteiger partial charge on any atom is -0.352 e. The maximum absolute atomic E-state index is 12.1. The second kappa shape index (κ2) is 5.71. The van der Waals surface area contributed by atoms with Crippen molar-refractivity contribution in [2.45, 2.75) is 31.1 Å². The van der Waals surface area contributed by atoms with Crippen molar-refractivity contribution < 1.29 is 13.2 Å². The summed E-state index contributed by atoms with van der Waals surface area (Å²) in [4.78, 5) is 12.0. The Hall–Kier alpha value is -1.11. The number of rotatable bonds is 4. The van der Waals surface area contributed by atoms with Crippen LogP contribution in [0.3, 0.4) is 0 Å². The number of nitrogens with one attached hydrogen (secondary N) is 1. The highest BCUT2D eigenvalue weighted by Crippen LogP contribution is 2.26. The van der Waals surface area contributed by atoms with E-state index in [4.69, 9.17) is 16.7 Å². The molecule has 0 spiro atoms. The van der Waals surface area contributed by atoms with Gasteiger partial charge >= 0.3 is 0 Å². The number of halogens is 1. The van der Waals surface area contributed by atoms with Gasteiger partial charge in [0, 0.05) is 17.1 Å². The molecule has 0 aromatic heterocycles. The van der Waals surface area contributed by atoms with Crippen molar-refractivity contribution in [1.82, 2.24) is 5.32 Å². The van der Waals surface area contributed by atoms with Gasteiger partial charge < -0.3 is 5.32 Å². The van der Waals surface area contributed by atoms with Gasteiger partial charge in [-0.25, -0.2) is 13.6 Å². The molecule has 0 radical (unpaired) electrons. The van der Waals surface area contributed by atoms with Gasteiger partial charge in [0.1, 0.15) is 0 Å². The Morgan fingerprint density at radius 3 is 2.60 bits per heavy atom. The molecular formula is C13H17ClN2O3S. The lowest BCUT2D eigenvalue weighted by Gasteiger charge is -2.25. The zero-order chi connectivity index (χ0) is 14.9. The van der Waals surface area contributed by atoms with E-state index in [1.54, 1.807) is 6.92 Å². The van der Waals surface area contributed by atoms with E-state index in [9.17, 15) is 13.2 Å². The number of amides is 1. The second-order valence-corrected chi connectivity index (χ2v) is 7.10. The average molecular weight is 317 g/mol. The van der Waals surface area contributed by atoms with E-state index in [0.717, 1.165) is 12.8 Å². The molecule has 2 rings (SSSR count). The summed E-state index contributed by atoms with van der Waals surface area (Å²) in [6, 6.07) is 2.53. The van der Waals surface area contributed by atoms with E-state index in [1.165, 1.54) is 18.6 Å². The highest BCUT2D eigenvalue weighted by Gasteiger charge is 2.21. The highest BCUT2D eigenvalue weighted by molar-refractivity contribution is 7.89. The third-order valence-corrected chi connectivity index (χ3v) is 4.95. The lowest BCUT2D eigenvalue weighted by atomic mass is 9.85. The van der Waals surface area contributed by atoms with Gasteiger partial charge in [0.2, 0.25) is 10.0 Å². The predicted molar refractivity (Wildman–Crippen MR) is 77.2 cm³/mol. The monoisotopic (exact) mass is 316 g/mol. The lowest BCUT2D eigenvalue weighted by molar-refractivity contribution is 0.0938. The van der Waals surface area contributed by atoms with Crippen LogP contribution in [0.25, 0.3) is 0 Å². The standard InChI is InChI=1S/C13H17ClN2O3S/c1-8-11(13(17)16-7-9-3-2-4-9)5-10(6-12(8)14)20(15,18)19/h5-6,9H,2-4,7H2,1H3,(H,16,17)(H2,15,18,19). The number of carbonyl (C=O) groups excluding carboxylic acids is 1. The minimum absolute atomic E-state index is 0.151. The van der Waals surface area contributed by atoms with Crippen LogP contribution in [0.5, 0.6) is 0 Å². The van der Waals surface area contributed by atoms with Gasteiger partial charge in [0.25, 0.3) is 5.91 Å². The zero-order valence-corrected chi connectivity index (χ0v) is 12.7. The van der Waals surface area contributed by atoms with E-state index in [2.05, 4.69) is 5.32 Å². The number of primary sulfonamides is 1. The van der Waals surface area contributed by atoms with Crippen LogP contribution in [0.4, 0.5) is 0 Å². The Labute approximate surface area is 123 Å². The largest absolute Gasteiger partial charge is 0.352 e. The molecule has 20 heavy (non-hydrogen) atoms. The maximum Gasteiger partial charge on any atom is 0.251 e. The zero-order valence-electron chi connectivity index (χ0n) is 11.1. The van der Waals surface area contributed by atoms with Gasteiger partial charge in [-0.3, -0.25) is 4.79 Å². The fourth-order valence-electron chi connectivity index (χ4n) is 2.08. The summed E-state index contributed by atoms with van der Waals surface area (Å²) in [7, 11) is -3.89. The summed E-state index contributed by atoms with van der Waals surface area (Å²) in [5, 5.41) is 8.11. The van der Waals surface area contributed by atoms with E-state index < -0.39 is 10.0 Å². The minimum atomic E-state index is -3.89. The molecule has 1 aliphatic rings. The summed E-state index contributed by atoms with van der Waals surface area (Å²) >= 11 is 5.97. The highest BCUT2D eigenvalue weighted by atomic mass is 35.5. The van der Waals surface area contributed by atoms with Crippen LogP contribution in [0, 0.1) is 12.8 Å². The molecule has 0 atom stereocenters. The molecule has 0 heterocycles. The molecule has 1 aromatic carbocycles. The number of hydrogen-bond acceptors (Lipinski definition) is 3. The molecule has 0 unspecified atom stereocenters. The molecule has 1 amide bonds. The first-order valence-electron chi connectivity index (χ1n) is 6.40. The summed E-state index contributed by atoms with van der Waals surface area (Å²) in [5.74, 6) is 0.206. The molecule has 5 nitrogen and oxygen atoms in total. The van der Waals surface area contributed by atoms with Crippen molar-refractivity contribution in [1.29, 1.82) is 0 Å². The predicted octanol–water partition coefficient (Wildman–Crippen LogP) is 1.83. The molecular weight excluding hydrogens is 300 g/mol. The normalized spacial score (nSPS) is 15.8. The van der Waals surface area contributed by atoms with E-state index in [0.29, 0.717) is 18.0 Å². The van der Waals surface area contributed by atoms with Crippen LogP contribution in [0.1, 0.15) is 35.2 Å². The molecule has 1 aromatic rings. The molecule has 1 saturated carbocycles. The Morgan fingerprint density at radius 2 is 2.10 bits per heavy atom. The van der Waals surface area contributed by atoms with Crippen molar-refractivity contribution in [3.63, 3.8) is 0 Å². The fraction of sp³-hybridized carbons (Fsp3) is 0.462. The van der Waals surface area contributed by atoms with Gasteiger partial charge in [-0.05, 0) is 43.4 Å². The van der Waals surface area contributed by atoms with E-state index >= 15 is 0 Å². The number of sulfonamides is 1. The molecule has 3 N–H and O–H groups in total. The van der Waals surface area contributed by atoms with Crippen molar-refractivity contribution >= 4 is 27.5 Å². The first-order valence-corrected chi connectivity index (χ1v) is 8.32. The molecule has 7 heteroatoms. The quantitative estimate of drug-likeness (QED) is 0.888. The SMILES string of the molecule is Cc1c(Cl)cc(S(N)(=O)=O)cc1C(=O)NCC1CCC1.